The molecule has 3 aromatic rings. The first kappa shape index (κ1) is 18.1. The number of nitrogens with zero attached hydrogens (tertiary/aromatic N) is 3. The number of amides is 1. The number of hydrogen-bond acceptors (Lipinski definition) is 3. The van der Waals surface area contributed by atoms with Gasteiger partial charge in [0.25, 0.3) is 5.91 Å². The van der Waals surface area contributed by atoms with Gasteiger partial charge in [0.1, 0.15) is 5.69 Å². The van der Waals surface area contributed by atoms with Gasteiger partial charge in [-0.1, -0.05) is 51.1 Å². The van der Waals surface area contributed by atoms with E-state index in [9.17, 15) is 4.79 Å². The highest BCUT2D eigenvalue weighted by Gasteiger charge is 2.23. The lowest BCUT2D eigenvalue weighted by atomic mass is 9.93. The summed E-state index contributed by atoms with van der Waals surface area (Å²) in [6.07, 6.45) is 0. The number of aromatic nitrogens is 3. The monoisotopic (exact) mass is 350 g/mol. The van der Waals surface area contributed by atoms with E-state index in [0.717, 1.165) is 17.0 Å². The molecule has 5 nitrogen and oxygen atoms in total. The van der Waals surface area contributed by atoms with E-state index in [-0.39, 0.29) is 16.9 Å². The van der Waals surface area contributed by atoms with Crippen LogP contribution in [0.15, 0.2) is 42.5 Å². The minimum atomic E-state index is -0.334. The molecule has 0 saturated heterocycles. The summed E-state index contributed by atoms with van der Waals surface area (Å²) in [4.78, 5) is 17.7. The molecule has 1 aromatic carbocycles. The van der Waals surface area contributed by atoms with Gasteiger partial charge >= 0.3 is 0 Å². The summed E-state index contributed by atoms with van der Waals surface area (Å²) in [5.74, 6) is -0.161. The Hall–Kier alpha value is -2.69. The molecule has 0 spiro atoms. The third-order valence-electron chi connectivity index (χ3n) is 3.99. The number of hydrogen-bond donors (Lipinski definition) is 1. The maximum absolute atomic E-state index is 12.9. The highest BCUT2D eigenvalue weighted by Crippen LogP contribution is 2.25. The molecule has 0 aliphatic rings. The van der Waals surface area contributed by atoms with Crippen molar-refractivity contribution in [1.29, 1.82) is 0 Å². The van der Waals surface area contributed by atoms with Gasteiger partial charge in [-0.15, -0.1) is 0 Å². The molecular weight excluding hydrogens is 324 g/mol. The molecule has 0 bridgehead atoms. The summed E-state index contributed by atoms with van der Waals surface area (Å²) < 4.78 is 1.65. The minimum absolute atomic E-state index is 0.127. The highest BCUT2D eigenvalue weighted by atomic mass is 16.2. The van der Waals surface area contributed by atoms with Crippen LogP contribution in [0.3, 0.4) is 0 Å². The Balaban J connectivity index is 2.22. The van der Waals surface area contributed by atoms with Crippen molar-refractivity contribution in [3.05, 3.63) is 53.9 Å². The van der Waals surface area contributed by atoms with Gasteiger partial charge in [-0.2, -0.15) is 5.10 Å². The second-order valence-electron chi connectivity index (χ2n) is 8.65. The standard InChI is InChI=1S/C21H26N4O/c1-20(2,3)17-13-18-22-15(14-10-8-7-9-11-14)12-16(25(18)24-17)19(26)23-21(4,5)6/h7-13H,1-6H3,(H,23,26). The van der Waals surface area contributed by atoms with E-state index in [1.807, 2.05) is 63.2 Å². The number of rotatable bonds is 2. The molecular formula is C21H26N4O. The molecule has 2 aromatic heterocycles. The van der Waals surface area contributed by atoms with Gasteiger partial charge in [-0.25, -0.2) is 9.50 Å². The fourth-order valence-corrected chi connectivity index (χ4v) is 2.66. The lowest BCUT2D eigenvalue weighted by molar-refractivity contribution is 0.0911. The van der Waals surface area contributed by atoms with Crippen LogP contribution in [0, 0.1) is 0 Å². The maximum Gasteiger partial charge on any atom is 0.270 e. The SMILES string of the molecule is CC(C)(C)NC(=O)c1cc(-c2ccccc2)nc2cc(C(C)(C)C)nn12. The van der Waals surface area contributed by atoms with E-state index in [1.54, 1.807) is 4.52 Å². The predicted octanol–water partition coefficient (Wildman–Crippen LogP) is 4.22. The summed E-state index contributed by atoms with van der Waals surface area (Å²) in [5, 5.41) is 7.69. The number of nitrogens with one attached hydrogen (secondary N) is 1. The quantitative estimate of drug-likeness (QED) is 0.753. The van der Waals surface area contributed by atoms with Crippen molar-refractivity contribution in [3.63, 3.8) is 0 Å². The smallest absolute Gasteiger partial charge is 0.270 e. The van der Waals surface area contributed by atoms with E-state index < -0.39 is 0 Å². The average molecular weight is 350 g/mol. The number of carbonyl (C=O) groups excluding carboxylic acids is 1. The van der Waals surface area contributed by atoms with Crippen LogP contribution in [0.5, 0.6) is 0 Å². The fourth-order valence-electron chi connectivity index (χ4n) is 2.66. The van der Waals surface area contributed by atoms with Crippen LogP contribution in [-0.4, -0.2) is 26.0 Å². The molecule has 26 heavy (non-hydrogen) atoms. The van der Waals surface area contributed by atoms with Gasteiger partial charge in [0.05, 0.1) is 11.4 Å². The lowest BCUT2D eigenvalue weighted by Crippen LogP contribution is -2.41. The Morgan fingerprint density at radius 3 is 2.23 bits per heavy atom. The predicted molar refractivity (Wildman–Crippen MR) is 104 cm³/mol. The van der Waals surface area contributed by atoms with Gasteiger partial charge in [0, 0.05) is 22.6 Å². The minimum Gasteiger partial charge on any atom is -0.346 e. The fraction of sp³-hybridized carbons (Fsp3) is 0.381. The molecule has 0 atom stereocenters. The van der Waals surface area contributed by atoms with Crippen LogP contribution in [-0.2, 0) is 5.41 Å². The van der Waals surface area contributed by atoms with Crippen molar-refractivity contribution in [2.75, 3.05) is 0 Å². The second-order valence-corrected chi connectivity index (χ2v) is 8.65. The van der Waals surface area contributed by atoms with Gasteiger partial charge in [0.2, 0.25) is 0 Å². The highest BCUT2D eigenvalue weighted by molar-refractivity contribution is 5.94. The summed E-state index contributed by atoms with van der Waals surface area (Å²) in [6.45, 7) is 12.2. The largest absolute Gasteiger partial charge is 0.346 e. The van der Waals surface area contributed by atoms with E-state index in [0.29, 0.717) is 11.3 Å². The van der Waals surface area contributed by atoms with Crippen LogP contribution in [0.1, 0.15) is 57.7 Å². The van der Waals surface area contributed by atoms with E-state index >= 15 is 0 Å². The molecule has 1 amide bonds. The third kappa shape index (κ3) is 3.77. The summed E-state index contributed by atoms with van der Waals surface area (Å²) in [6, 6.07) is 13.6. The van der Waals surface area contributed by atoms with Gasteiger partial charge in [0.15, 0.2) is 5.65 Å². The molecule has 5 heteroatoms. The Labute approximate surface area is 154 Å². The Bertz CT molecular complexity index is 944. The van der Waals surface area contributed by atoms with Crippen molar-refractivity contribution < 1.29 is 4.79 Å². The van der Waals surface area contributed by atoms with Crippen LogP contribution < -0.4 is 5.32 Å². The van der Waals surface area contributed by atoms with E-state index in [2.05, 4.69) is 31.2 Å². The average Bonchev–Trinajstić information content (AvgIpc) is 2.97. The van der Waals surface area contributed by atoms with Gasteiger partial charge in [-0.3, -0.25) is 4.79 Å². The number of fused-ring (bicyclic) bond motifs is 1. The van der Waals surface area contributed by atoms with Crippen molar-refractivity contribution in [2.45, 2.75) is 52.5 Å². The van der Waals surface area contributed by atoms with Crippen molar-refractivity contribution in [3.8, 4) is 11.3 Å². The van der Waals surface area contributed by atoms with Crippen molar-refractivity contribution in [2.24, 2.45) is 0 Å². The molecule has 0 radical (unpaired) electrons. The van der Waals surface area contributed by atoms with Crippen molar-refractivity contribution in [1.82, 2.24) is 19.9 Å². The van der Waals surface area contributed by atoms with Gasteiger partial charge in [-0.05, 0) is 26.8 Å². The van der Waals surface area contributed by atoms with E-state index in [4.69, 9.17) is 4.98 Å². The molecule has 0 unspecified atom stereocenters. The Morgan fingerprint density at radius 2 is 1.65 bits per heavy atom. The normalized spacial score (nSPS) is 12.4. The molecule has 0 saturated carbocycles. The molecule has 0 aliphatic carbocycles. The maximum atomic E-state index is 12.9. The summed E-state index contributed by atoms with van der Waals surface area (Å²) >= 11 is 0. The first-order valence-electron chi connectivity index (χ1n) is 8.84. The molecule has 2 heterocycles. The summed E-state index contributed by atoms with van der Waals surface area (Å²) in [7, 11) is 0. The molecule has 0 fully saturated rings. The van der Waals surface area contributed by atoms with Crippen LogP contribution >= 0.6 is 0 Å². The zero-order valence-corrected chi connectivity index (χ0v) is 16.3. The van der Waals surface area contributed by atoms with E-state index in [1.165, 1.54) is 0 Å². The molecule has 1 N–H and O–H groups in total. The first-order chi connectivity index (χ1) is 12.0. The van der Waals surface area contributed by atoms with Crippen molar-refractivity contribution >= 4 is 11.6 Å². The van der Waals surface area contributed by atoms with Crippen LogP contribution in [0.4, 0.5) is 0 Å². The summed E-state index contributed by atoms with van der Waals surface area (Å²) in [5.41, 5.74) is 3.34. The second kappa shape index (κ2) is 6.24. The molecule has 3 rings (SSSR count). The lowest BCUT2D eigenvalue weighted by Gasteiger charge is -2.21. The van der Waals surface area contributed by atoms with Crippen LogP contribution in [0.2, 0.25) is 0 Å². The topological polar surface area (TPSA) is 59.3 Å². The van der Waals surface area contributed by atoms with Gasteiger partial charge < -0.3 is 5.32 Å². The Kier molecular flexibility index (Phi) is 4.34. The zero-order valence-electron chi connectivity index (χ0n) is 16.3. The Morgan fingerprint density at radius 1 is 1.00 bits per heavy atom. The van der Waals surface area contributed by atoms with Crippen LogP contribution in [0.25, 0.3) is 16.9 Å². The third-order valence-corrected chi connectivity index (χ3v) is 3.99. The number of carbonyl (C=O) groups is 1. The molecule has 136 valence electrons. The molecule has 0 aliphatic heterocycles. The number of benzene rings is 1. The first-order valence-corrected chi connectivity index (χ1v) is 8.84. The zero-order chi connectivity index (χ0) is 19.1.